The van der Waals surface area contributed by atoms with E-state index in [9.17, 15) is 9.59 Å². The summed E-state index contributed by atoms with van der Waals surface area (Å²) >= 11 is 0. The summed E-state index contributed by atoms with van der Waals surface area (Å²) in [6.45, 7) is 3.46. The van der Waals surface area contributed by atoms with E-state index in [4.69, 9.17) is 0 Å². The van der Waals surface area contributed by atoms with Crippen LogP contribution in [0.3, 0.4) is 0 Å². The molecule has 0 unspecified atom stereocenters. The third-order valence-corrected chi connectivity index (χ3v) is 4.53. The molecule has 0 radical (unpaired) electrons. The molecular weight excluding hydrogens is 278 g/mol. The van der Waals surface area contributed by atoms with Crippen molar-refractivity contribution in [2.75, 3.05) is 33.7 Å². The summed E-state index contributed by atoms with van der Waals surface area (Å²) in [7, 11) is 3.98. The molecule has 0 N–H and O–H groups in total. The Morgan fingerprint density at radius 2 is 1.86 bits per heavy atom. The lowest BCUT2D eigenvalue weighted by molar-refractivity contribution is -0.136. The van der Waals surface area contributed by atoms with E-state index in [0.29, 0.717) is 32.6 Å². The van der Waals surface area contributed by atoms with Gasteiger partial charge in [0.1, 0.15) is 0 Å². The molecule has 1 atom stereocenters. The molecule has 22 heavy (non-hydrogen) atoms. The van der Waals surface area contributed by atoms with E-state index in [-0.39, 0.29) is 17.7 Å². The molecule has 1 aromatic rings. The first-order chi connectivity index (χ1) is 10.5. The van der Waals surface area contributed by atoms with Gasteiger partial charge in [-0.2, -0.15) is 0 Å². The SMILES string of the molecule is CN(C)CCN1C[C@@H](C(=O)N2Cc3ccccc3C2)CC1=O. The van der Waals surface area contributed by atoms with Crippen LogP contribution in [0.15, 0.2) is 24.3 Å². The van der Waals surface area contributed by atoms with Crippen molar-refractivity contribution in [3.63, 3.8) is 0 Å². The lowest BCUT2D eigenvalue weighted by Gasteiger charge is -2.21. The van der Waals surface area contributed by atoms with Gasteiger partial charge in [0.05, 0.1) is 5.92 Å². The number of hydrogen-bond acceptors (Lipinski definition) is 3. The van der Waals surface area contributed by atoms with Gasteiger partial charge >= 0.3 is 0 Å². The molecule has 3 rings (SSSR count). The van der Waals surface area contributed by atoms with Crippen LogP contribution < -0.4 is 0 Å². The van der Waals surface area contributed by atoms with Gasteiger partial charge in [0.25, 0.3) is 0 Å². The third-order valence-electron chi connectivity index (χ3n) is 4.53. The zero-order valence-electron chi connectivity index (χ0n) is 13.3. The molecule has 2 heterocycles. The second-order valence-electron chi connectivity index (χ2n) is 6.51. The number of rotatable bonds is 4. The van der Waals surface area contributed by atoms with Crippen molar-refractivity contribution in [3.05, 3.63) is 35.4 Å². The van der Waals surface area contributed by atoms with E-state index in [1.165, 1.54) is 11.1 Å². The van der Waals surface area contributed by atoms with E-state index < -0.39 is 0 Å². The summed E-state index contributed by atoms with van der Waals surface area (Å²) in [5, 5.41) is 0. The van der Waals surface area contributed by atoms with Gasteiger partial charge in [-0.1, -0.05) is 24.3 Å². The first kappa shape index (κ1) is 15.0. The van der Waals surface area contributed by atoms with Gasteiger partial charge in [0, 0.05) is 39.1 Å². The van der Waals surface area contributed by atoms with Crippen LogP contribution in [0.1, 0.15) is 17.5 Å². The molecule has 5 heteroatoms. The summed E-state index contributed by atoms with van der Waals surface area (Å²) in [5.74, 6) is 0.0535. The Bertz CT molecular complexity index is 560. The smallest absolute Gasteiger partial charge is 0.228 e. The van der Waals surface area contributed by atoms with E-state index in [1.54, 1.807) is 0 Å². The minimum absolute atomic E-state index is 0.108. The van der Waals surface area contributed by atoms with Gasteiger partial charge in [0.15, 0.2) is 0 Å². The van der Waals surface area contributed by atoms with E-state index in [2.05, 4.69) is 17.0 Å². The average molecular weight is 301 g/mol. The maximum atomic E-state index is 12.7. The molecule has 2 aliphatic rings. The average Bonchev–Trinajstić information content (AvgIpc) is 3.07. The van der Waals surface area contributed by atoms with E-state index in [1.807, 2.05) is 36.0 Å². The van der Waals surface area contributed by atoms with Crippen molar-refractivity contribution in [1.29, 1.82) is 0 Å². The van der Waals surface area contributed by atoms with Crippen LogP contribution >= 0.6 is 0 Å². The van der Waals surface area contributed by atoms with Crippen LogP contribution in [0.25, 0.3) is 0 Å². The number of carbonyl (C=O) groups is 2. The fourth-order valence-corrected chi connectivity index (χ4v) is 3.22. The molecule has 1 saturated heterocycles. The van der Waals surface area contributed by atoms with Gasteiger partial charge in [-0.3, -0.25) is 9.59 Å². The molecule has 118 valence electrons. The second kappa shape index (κ2) is 6.08. The Labute approximate surface area is 131 Å². The quantitative estimate of drug-likeness (QED) is 0.831. The number of amides is 2. The summed E-state index contributed by atoms with van der Waals surface area (Å²) < 4.78 is 0. The molecule has 0 spiro atoms. The van der Waals surface area contributed by atoms with E-state index in [0.717, 1.165) is 6.54 Å². The highest BCUT2D eigenvalue weighted by molar-refractivity contribution is 5.89. The summed E-state index contributed by atoms with van der Waals surface area (Å²) in [4.78, 5) is 30.5. The lowest BCUT2D eigenvalue weighted by atomic mass is 10.1. The van der Waals surface area contributed by atoms with Crippen LogP contribution in [0, 0.1) is 5.92 Å². The van der Waals surface area contributed by atoms with Crippen LogP contribution in [-0.2, 0) is 22.7 Å². The fraction of sp³-hybridized carbons (Fsp3) is 0.529. The molecule has 1 fully saturated rings. The molecular formula is C17H23N3O2. The fourth-order valence-electron chi connectivity index (χ4n) is 3.22. The van der Waals surface area contributed by atoms with Crippen LogP contribution in [0.2, 0.25) is 0 Å². The molecule has 2 aliphatic heterocycles. The topological polar surface area (TPSA) is 43.9 Å². The van der Waals surface area contributed by atoms with Crippen LogP contribution in [0.4, 0.5) is 0 Å². The highest BCUT2D eigenvalue weighted by Gasteiger charge is 2.37. The molecule has 0 aliphatic carbocycles. The minimum Gasteiger partial charge on any atom is -0.341 e. The van der Waals surface area contributed by atoms with Gasteiger partial charge in [-0.05, 0) is 25.2 Å². The first-order valence-corrected chi connectivity index (χ1v) is 7.82. The molecule has 0 saturated carbocycles. The van der Waals surface area contributed by atoms with E-state index >= 15 is 0 Å². The van der Waals surface area contributed by atoms with Crippen molar-refractivity contribution in [2.45, 2.75) is 19.5 Å². The predicted octanol–water partition coefficient (Wildman–Crippen LogP) is 0.939. The van der Waals surface area contributed by atoms with Crippen molar-refractivity contribution in [2.24, 2.45) is 5.92 Å². The van der Waals surface area contributed by atoms with Gasteiger partial charge in [-0.25, -0.2) is 0 Å². The Kier molecular flexibility index (Phi) is 4.16. The van der Waals surface area contributed by atoms with Crippen LogP contribution in [0.5, 0.6) is 0 Å². The van der Waals surface area contributed by atoms with Crippen molar-refractivity contribution >= 4 is 11.8 Å². The van der Waals surface area contributed by atoms with Crippen LogP contribution in [-0.4, -0.2) is 60.2 Å². The van der Waals surface area contributed by atoms with Gasteiger partial charge in [-0.15, -0.1) is 0 Å². The van der Waals surface area contributed by atoms with Gasteiger partial charge in [0.2, 0.25) is 11.8 Å². The monoisotopic (exact) mass is 301 g/mol. The number of carbonyl (C=O) groups excluding carboxylic acids is 2. The Hall–Kier alpha value is -1.88. The summed E-state index contributed by atoms with van der Waals surface area (Å²) in [6.07, 6.45) is 0.360. The Morgan fingerprint density at radius 3 is 2.45 bits per heavy atom. The Morgan fingerprint density at radius 1 is 1.23 bits per heavy atom. The molecule has 2 amide bonds. The normalized spacial score (nSPS) is 20.9. The number of likely N-dealkylation sites (N-methyl/N-ethyl adjacent to an activating group) is 1. The summed E-state index contributed by atoms with van der Waals surface area (Å²) in [6, 6.07) is 8.17. The number of fused-ring (bicyclic) bond motifs is 1. The minimum atomic E-state index is -0.177. The Balaban J connectivity index is 1.59. The van der Waals surface area contributed by atoms with Crippen molar-refractivity contribution in [1.82, 2.24) is 14.7 Å². The van der Waals surface area contributed by atoms with Gasteiger partial charge < -0.3 is 14.7 Å². The molecule has 5 nitrogen and oxygen atoms in total. The predicted molar refractivity (Wildman–Crippen MR) is 83.9 cm³/mol. The number of hydrogen-bond donors (Lipinski definition) is 0. The number of nitrogens with zero attached hydrogens (tertiary/aromatic N) is 3. The third kappa shape index (κ3) is 2.99. The summed E-state index contributed by atoms with van der Waals surface area (Å²) in [5.41, 5.74) is 2.45. The zero-order valence-corrected chi connectivity index (χ0v) is 13.3. The zero-order chi connectivity index (χ0) is 15.7. The molecule has 0 aromatic heterocycles. The van der Waals surface area contributed by atoms with Crippen molar-refractivity contribution < 1.29 is 9.59 Å². The standard InChI is InChI=1S/C17H23N3O2/c1-18(2)7-8-19-12-15(9-16(19)21)17(22)20-10-13-5-3-4-6-14(13)11-20/h3-6,15H,7-12H2,1-2H3/t15-/m0/s1. The maximum Gasteiger partial charge on any atom is 0.228 e. The number of likely N-dealkylation sites (tertiary alicyclic amines) is 1. The highest BCUT2D eigenvalue weighted by Crippen LogP contribution is 2.27. The molecule has 0 bridgehead atoms. The second-order valence-corrected chi connectivity index (χ2v) is 6.51. The highest BCUT2D eigenvalue weighted by atomic mass is 16.2. The largest absolute Gasteiger partial charge is 0.341 e. The first-order valence-electron chi connectivity index (χ1n) is 7.82. The lowest BCUT2D eigenvalue weighted by Crippen LogP contribution is -2.36. The molecule has 1 aromatic carbocycles. The van der Waals surface area contributed by atoms with Crippen molar-refractivity contribution in [3.8, 4) is 0 Å². The number of benzene rings is 1. The maximum absolute atomic E-state index is 12.7.